The number of imidazole rings is 1. The molecular weight excluding hydrogens is 450 g/mol. The van der Waals surface area contributed by atoms with Crippen molar-refractivity contribution in [2.24, 2.45) is 11.3 Å². The Morgan fingerprint density at radius 1 is 1.17 bits per heavy atom. The number of benzene rings is 1. The van der Waals surface area contributed by atoms with Gasteiger partial charge in [-0.2, -0.15) is 0 Å². The first-order valence-corrected chi connectivity index (χ1v) is 13.4. The highest BCUT2D eigenvalue weighted by atomic mass is 16.5. The van der Waals surface area contributed by atoms with E-state index < -0.39 is 17.8 Å². The zero-order valence-corrected chi connectivity index (χ0v) is 21.9. The van der Waals surface area contributed by atoms with Crippen LogP contribution in [0.3, 0.4) is 0 Å². The zero-order valence-electron chi connectivity index (χ0n) is 21.9. The van der Waals surface area contributed by atoms with Crippen LogP contribution in [0.4, 0.5) is 0 Å². The van der Waals surface area contributed by atoms with Crippen LogP contribution in [0.25, 0.3) is 16.6 Å². The van der Waals surface area contributed by atoms with Crippen molar-refractivity contribution in [3.8, 4) is 0 Å². The maximum atomic E-state index is 11.2. The molecule has 3 heterocycles. The van der Waals surface area contributed by atoms with Gasteiger partial charge in [0.1, 0.15) is 11.9 Å². The van der Waals surface area contributed by atoms with Gasteiger partial charge in [-0.3, -0.25) is 0 Å². The molecule has 1 saturated carbocycles. The molecule has 0 radical (unpaired) electrons. The maximum absolute atomic E-state index is 11.2. The topological polar surface area (TPSA) is 81.6 Å². The third-order valence-corrected chi connectivity index (χ3v) is 10.3. The second-order valence-corrected chi connectivity index (χ2v) is 12.5. The van der Waals surface area contributed by atoms with Gasteiger partial charge in [-0.15, -0.1) is 0 Å². The van der Waals surface area contributed by atoms with Crippen LogP contribution in [0, 0.1) is 18.3 Å². The number of nitrogens with zero attached hydrogens (tertiary/aromatic N) is 2. The summed E-state index contributed by atoms with van der Waals surface area (Å²) >= 11 is 0. The predicted molar refractivity (Wildman–Crippen MR) is 140 cm³/mol. The van der Waals surface area contributed by atoms with Gasteiger partial charge in [-0.1, -0.05) is 30.7 Å². The summed E-state index contributed by atoms with van der Waals surface area (Å²) in [5.41, 5.74) is 7.42. The summed E-state index contributed by atoms with van der Waals surface area (Å²) in [4.78, 5) is 10.0. The zero-order chi connectivity index (χ0) is 25.2. The van der Waals surface area contributed by atoms with E-state index in [4.69, 9.17) is 4.74 Å². The van der Waals surface area contributed by atoms with Crippen LogP contribution in [0.2, 0.25) is 0 Å². The van der Waals surface area contributed by atoms with E-state index in [0.717, 1.165) is 54.5 Å². The fourth-order valence-electron chi connectivity index (χ4n) is 8.75. The Morgan fingerprint density at radius 2 is 1.97 bits per heavy atom. The third-order valence-electron chi connectivity index (χ3n) is 10.3. The van der Waals surface area contributed by atoms with E-state index in [1.165, 1.54) is 22.3 Å². The van der Waals surface area contributed by atoms with Gasteiger partial charge in [-0.05, 0) is 94.5 Å². The Labute approximate surface area is 212 Å². The Morgan fingerprint density at radius 3 is 2.75 bits per heavy atom. The van der Waals surface area contributed by atoms with Crippen molar-refractivity contribution in [1.82, 2.24) is 14.9 Å². The van der Waals surface area contributed by atoms with E-state index >= 15 is 0 Å². The van der Waals surface area contributed by atoms with Crippen molar-refractivity contribution in [1.29, 1.82) is 0 Å². The summed E-state index contributed by atoms with van der Waals surface area (Å²) in [6, 6.07) is 6.49. The van der Waals surface area contributed by atoms with Crippen molar-refractivity contribution in [3.63, 3.8) is 0 Å². The van der Waals surface area contributed by atoms with Crippen LogP contribution in [0.5, 0.6) is 0 Å². The molecule has 2 spiro atoms. The summed E-state index contributed by atoms with van der Waals surface area (Å²) < 4.78 is 7.31. The highest BCUT2D eigenvalue weighted by Crippen LogP contribution is 2.69. The van der Waals surface area contributed by atoms with E-state index in [1.54, 1.807) is 0 Å². The highest BCUT2D eigenvalue weighted by molar-refractivity contribution is 5.83. The van der Waals surface area contributed by atoms with Crippen LogP contribution in [0.1, 0.15) is 57.3 Å². The second kappa shape index (κ2) is 7.19. The molecule has 1 unspecified atom stereocenters. The number of aliphatic hydroxyl groups is 2. The van der Waals surface area contributed by atoms with Crippen LogP contribution in [0.15, 0.2) is 47.1 Å². The fourth-order valence-corrected chi connectivity index (χ4v) is 8.75. The predicted octanol–water partition coefficient (Wildman–Crippen LogP) is 4.28. The standard InChI is InChI=1S/C30H37N3O3/c1-16-14-28(3)19(18-6-8-22-23(12-18)32-17(2)31-22)7-9-25(28)30-11-10-29(36-30)15-24(33(4)5)27(35)26(34)21(29)13-20(16)30/h6-8,12-13,24-27,34-35H,9-11,14-15H2,1-5H3,(H,31,32)/t24-,25?,26+,27+,28+,29+,30+/m0/s1. The minimum absolute atomic E-state index is 0.0268. The Hall–Kier alpha value is -2.25. The van der Waals surface area contributed by atoms with Gasteiger partial charge >= 0.3 is 0 Å². The number of aryl methyl sites for hydroxylation is 1. The quantitative estimate of drug-likeness (QED) is 0.589. The molecular formula is C30H37N3O3. The first-order chi connectivity index (χ1) is 17.1. The van der Waals surface area contributed by atoms with Crippen molar-refractivity contribution in [2.75, 3.05) is 14.1 Å². The number of rotatable bonds is 2. The molecule has 2 fully saturated rings. The first-order valence-electron chi connectivity index (χ1n) is 13.4. The molecule has 7 rings (SSSR count). The van der Waals surface area contributed by atoms with Gasteiger partial charge in [0, 0.05) is 17.4 Å². The molecule has 0 amide bonds. The number of ether oxygens (including phenoxy) is 1. The molecule has 2 aliphatic heterocycles. The number of hydrogen-bond acceptors (Lipinski definition) is 5. The van der Waals surface area contributed by atoms with Crippen molar-refractivity contribution in [2.45, 2.75) is 82.3 Å². The summed E-state index contributed by atoms with van der Waals surface area (Å²) in [5, 5.41) is 22.2. The van der Waals surface area contributed by atoms with Gasteiger partial charge in [-0.25, -0.2) is 4.98 Å². The number of fused-ring (bicyclic) bond motifs is 2. The number of aromatic amines is 1. The molecule has 7 atom stereocenters. The molecule has 3 aliphatic carbocycles. The average Bonchev–Trinajstić information content (AvgIpc) is 3.46. The van der Waals surface area contributed by atoms with E-state index in [2.05, 4.69) is 54.2 Å². The molecule has 36 heavy (non-hydrogen) atoms. The van der Waals surface area contributed by atoms with Crippen molar-refractivity contribution in [3.05, 3.63) is 58.5 Å². The number of aliphatic hydroxyl groups excluding tert-OH is 2. The van der Waals surface area contributed by atoms with Crippen LogP contribution < -0.4 is 0 Å². The Balaban J connectivity index is 1.33. The van der Waals surface area contributed by atoms with E-state index in [-0.39, 0.29) is 17.1 Å². The summed E-state index contributed by atoms with van der Waals surface area (Å²) in [6.07, 6.45) is 7.54. The van der Waals surface area contributed by atoms with Crippen molar-refractivity contribution >= 4 is 16.6 Å². The fraction of sp³-hybridized carbons (Fsp3) is 0.567. The Bertz CT molecular complexity index is 1380. The van der Waals surface area contributed by atoms with Gasteiger partial charge < -0.3 is 24.8 Å². The Kier molecular flexibility index (Phi) is 4.58. The number of likely N-dealkylation sites (N-methyl/N-ethyl adjacent to an activating group) is 1. The van der Waals surface area contributed by atoms with E-state index in [1.807, 2.05) is 25.9 Å². The lowest BCUT2D eigenvalue weighted by Gasteiger charge is -2.56. The smallest absolute Gasteiger partial charge is 0.105 e. The van der Waals surface area contributed by atoms with Crippen LogP contribution in [-0.2, 0) is 4.74 Å². The number of aromatic nitrogens is 2. The van der Waals surface area contributed by atoms with E-state index in [0.29, 0.717) is 5.92 Å². The highest BCUT2D eigenvalue weighted by Gasteiger charge is 2.68. The van der Waals surface area contributed by atoms with Crippen LogP contribution >= 0.6 is 0 Å². The molecule has 6 nitrogen and oxygen atoms in total. The average molecular weight is 488 g/mol. The lowest BCUT2D eigenvalue weighted by Crippen LogP contribution is -2.62. The number of nitrogens with one attached hydrogen (secondary N) is 1. The van der Waals surface area contributed by atoms with Gasteiger partial charge in [0.05, 0.1) is 28.3 Å². The molecule has 190 valence electrons. The first kappa shape index (κ1) is 22.9. The van der Waals surface area contributed by atoms with Gasteiger partial charge in [0.2, 0.25) is 0 Å². The number of H-pyrrole nitrogens is 1. The molecule has 2 aromatic rings. The molecule has 1 saturated heterocycles. The monoisotopic (exact) mass is 487 g/mol. The normalized spacial score (nSPS) is 41.3. The molecule has 6 heteroatoms. The van der Waals surface area contributed by atoms with E-state index in [9.17, 15) is 10.2 Å². The van der Waals surface area contributed by atoms with Gasteiger partial charge in [0.25, 0.3) is 0 Å². The number of hydrogen-bond donors (Lipinski definition) is 3. The van der Waals surface area contributed by atoms with Gasteiger partial charge in [0.15, 0.2) is 0 Å². The number of allylic oxidation sites excluding steroid dienone is 3. The molecule has 1 aromatic heterocycles. The largest absolute Gasteiger partial charge is 0.388 e. The lowest BCUT2D eigenvalue weighted by atomic mass is 9.56. The molecule has 1 aromatic carbocycles. The second-order valence-electron chi connectivity index (χ2n) is 12.5. The summed E-state index contributed by atoms with van der Waals surface area (Å²) in [7, 11) is 3.97. The summed E-state index contributed by atoms with van der Waals surface area (Å²) in [5.74, 6) is 1.29. The molecule has 2 bridgehead atoms. The van der Waals surface area contributed by atoms with Crippen LogP contribution in [-0.4, -0.2) is 68.6 Å². The minimum atomic E-state index is -0.891. The SMILES string of the molecule is CC1=C2C=C3[C@@H](O)[C@H](O)[C@@H](N(C)C)C[C@]34CC[C@]2(O4)C2CC=C(c3ccc4nc(C)[nH]c4c3)[C@@]2(C)C1. The van der Waals surface area contributed by atoms with Crippen molar-refractivity contribution < 1.29 is 14.9 Å². The third kappa shape index (κ3) is 2.74. The molecule has 3 N–H and O–H groups in total. The lowest BCUT2D eigenvalue weighted by molar-refractivity contribution is -0.162. The minimum Gasteiger partial charge on any atom is -0.388 e. The maximum Gasteiger partial charge on any atom is 0.105 e. The summed E-state index contributed by atoms with van der Waals surface area (Å²) in [6.45, 7) is 6.68. The molecule has 5 aliphatic rings.